The Morgan fingerprint density at radius 2 is 2.08 bits per heavy atom. The van der Waals surface area contributed by atoms with E-state index >= 15 is 0 Å². The third kappa shape index (κ3) is 3.56. The Balaban J connectivity index is 2.41. The van der Waals surface area contributed by atoms with Gasteiger partial charge in [-0.05, 0) is 25.3 Å². The van der Waals surface area contributed by atoms with Crippen molar-refractivity contribution >= 4 is 5.97 Å². The van der Waals surface area contributed by atoms with Crippen LogP contribution in [-0.4, -0.2) is 5.97 Å². The molecule has 0 atom stereocenters. The number of hydrogen-bond acceptors (Lipinski definition) is 2. The van der Waals surface area contributed by atoms with E-state index in [2.05, 4.69) is 6.92 Å². The summed E-state index contributed by atoms with van der Waals surface area (Å²) in [6.45, 7) is 3.18. The minimum atomic E-state index is -0.443. The van der Waals surface area contributed by atoms with Crippen LogP contribution in [0, 0.1) is 6.92 Å². The van der Waals surface area contributed by atoms with Gasteiger partial charge in [-0.25, -0.2) is 0 Å². The topological polar surface area (TPSA) is 26.3 Å². The fourth-order valence-corrected chi connectivity index (χ4v) is 1.40. The number of rotatable bonds is 1. The lowest BCUT2D eigenvalue weighted by Gasteiger charge is -2.09. The molecule has 1 aliphatic rings. The van der Waals surface area contributed by atoms with E-state index in [1.165, 1.54) is 19.3 Å². The molecule has 0 unspecified atom stereocenters. The highest BCUT2D eigenvalue weighted by Crippen LogP contribution is 2.17. The molecule has 2 nitrogen and oxygen atoms in total. The maximum Gasteiger partial charge on any atom is 0.311 e. The summed E-state index contributed by atoms with van der Waals surface area (Å²) >= 11 is 0. The summed E-state index contributed by atoms with van der Waals surface area (Å²) in [7, 11) is 0. The van der Waals surface area contributed by atoms with E-state index in [1.807, 2.05) is 6.08 Å². The minimum Gasteiger partial charge on any atom is -0.431 e. The van der Waals surface area contributed by atoms with Crippen molar-refractivity contribution in [2.45, 2.75) is 38.5 Å². The highest BCUT2D eigenvalue weighted by molar-refractivity contribution is 5.74. The lowest BCUT2D eigenvalue weighted by Crippen LogP contribution is -2.00. The van der Waals surface area contributed by atoms with Gasteiger partial charge < -0.3 is 4.74 Å². The van der Waals surface area contributed by atoms with Crippen molar-refractivity contribution in [3.8, 4) is 0 Å². The van der Waals surface area contributed by atoms with Crippen molar-refractivity contribution in [2.75, 3.05) is 0 Å². The summed E-state index contributed by atoms with van der Waals surface area (Å²) in [5, 5.41) is 0. The van der Waals surface area contributed by atoms with Crippen LogP contribution in [0.4, 0.5) is 0 Å². The molecule has 1 rings (SSSR count). The van der Waals surface area contributed by atoms with Crippen molar-refractivity contribution < 1.29 is 9.53 Å². The normalized spacial score (nSPS) is 23.2. The van der Waals surface area contributed by atoms with Crippen molar-refractivity contribution in [3.63, 3.8) is 0 Å². The fraction of sp³-hybridized carbons (Fsp3) is 0.600. The van der Waals surface area contributed by atoms with Crippen LogP contribution in [0.25, 0.3) is 0 Å². The molecule has 0 bridgehead atoms. The van der Waals surface area contributed by atoms with Gasteiger partial charge in [-0.1, -0.05) is 12.8 Å². The van der Waals surface area contributed by atoms with Gasteiger partial charge in [0.2, 0.25) is 0 Å². The number of hydrogen-bond donors (Lipinski definition) is 0. The Labute approximate surface area is 73.6 Å². The van der Waals surface area contributed by atoms with Crippen LogP contribution in [0.3, 0.4) is 0 Å². The van der Waals surface area contributed by atoms with E-state index < -0.39 is 5.97 Å². The van der Waals surface area contributed by atoms with Gasteiger partial charge in [0.05, 0.1) is 6.92 Å². The molecule has 1 radical (unpaired) electrons. The van der Waals surface area contributed by atoms with Gasteiger partial charge in [-0.3, -0.25) is 4.79 Å². The molecule has 0 aromatic rings. The second kappa shape index (κ2) is 4.96. The van der Waals surface area contributed by atoms with E-state index in [0.717, 1.165) is 25.0 Å². The highest BCUT2D eigenvalue weighted by Gasteiger charge is 2.04. The molecule has 0 fully saturated rings. The van der Waals surface area contributed by atoms with Crippen molar-refractivity contribution in [1.29, 1.82) is 0 Å². The Morgan fingerprint density at radius 3 is 2.83 bits per heavy atom. The second-order valence-corrected chi connectivity index (χ2v) is 3.10. The third-order valence-corrected chi connectivity index (χ3v) is 1.99. The fourth-order valence-electron chi connectivity index (χ4n) is 1.40. The molecule has 0 heterocycles. The van der Waals surface area contributed by atoms with Crippen LogP contribution >= 0.6 is 0 Å². The summed E-state index contributed by atoms with van der Waals surface area (Å²) in [5.74, 6) is 0.372. The molecule has 1 aliphatic carbocycles. The van der Waals surface area contributed by atoms with E-state index in [-0.39, 0.29) is 0 Å². The van der Waals surface area contributed by atoms with Crippen LogP contribution in [0.1, 0.15) is 38.5 Å². The predicted molar refractivity (Wildman–Crippen MR) is 47.2 cm³/mol. The Kier molecular flexibility index (Phi) is 3.85. The van der Waals surface area contributed by atoms with Crippen molar-refractivity contribution in [1.82, 2.24) is 0 Å². The molecule has 67 valence electrons. The maximum absolute atomic E-state index is 10.5. The lowest BCUT2D eigenvalue weighted by molar-refractivity contribution is -0.134. The summed E-state index contributed by atoms with van der Waals surface area (Å²) in [6.07, 6.45) is 8.80. The summed E-state index contributed by atoms with van der Waals surface area (Å²) in [5.41, 5.74) is 0. The highest BCUT2D eigenvalue weighted by atomic mass is 16.5. The minimum absolute atomic E-state index is 0.443. The molecule has 12 heavy (non-hydrogen) atoms. The molecule has 2 heteroatoms. The van der Waals surface area contributed by atoms with Crippen LogP contribution in [-0.2, 0) is 9.53 Å². The summed E-state index contributed by atoms with van der Waals surface area (Å²) in [4.78, 5) is 10.5. The summed E-state index contributed by atoms with van der Waals surface area (Å²) < 4.78 is 4.94. The first-order chi connectivity index (χ1) is 5.79. The smallest absolute Gasteiger partial charge is 0.311 e. The largest absolute Gasteiger partial charge is 0.431 e. The molecular formula is C10H15O2. The van der Waals surface area contributed by atoms with Crippen molar-refractivity contribution in [3.05, 3.63) is 18.8 Å². The average Bonchev–Trinajstić information content (AvgIpc) is 1.93. The second-order valence-electron chi connectivity index (χ2n) is 3.10. The molecule has 0 saturated carbocycles. The van der Waals surface area contributed by atoms with E-state index in [4.69, 9.17) is 4.74 Å². The predicted octanol–water partition coefficient (Wildman–Crippen LogP) is 2.60. The average molecular weight is 167 g/mol. The molecule has 0 saturated heterocycles. The molecular weight excluding hydrogens is 152 g/mol. The zero-order chi connectivity index (χ0) is 8.81. The number of esters is 1. The number of allylic oxidation sites excluding steroid dienone is 2. The Bertz CT molecular complexity index is 182. The standard InChI is InChI=1S/C10H15O2/c1-9(11)12-10-7-5-3-2-4-6-8-10/h7H,1-6,8H2/b10-7+. The van der Waals surface area contributed by atoms with Gasteiger partial charge >= 0.3 is 5.97 Å². The Hall–Kier alpha value is -0.790. The summed E-state index contributed by atoms with van der Waals surface area (Å²) in [6, 6.07) is 0. The van der Waals surface area contributed by atoms with Crippen LogP contribution in [0.5, 0.6) is 0 Å². The number of ether oxygens (including phenoxy) is 1. The molecule has 0 N–H and O–H groups in total. The first kappa shape index (κ1) is 9.30. The van der Waals surface area contributed by atoms with Gasteiger partial charge in [-0.15, -0.1) is 0 Å². The van der Waals surface area contributed by atoms with E-state index in [1.54, 1.807) is 0 Å². The van der Waals surface area contributed by atoms with Crippen LogP contribution in [0.2, 0.25) is 0 Å². The quantitative estimate of drug-likeness (QED) is 0.561. The monoisotopic (exact) mass is 167 g/mol. The molecule has 0 amide bonds. The molecule has 0 aromatic heterocycles. The van der Waals surface area contributed by atoms with E-state index in [9.17, 15) is 4.79 Å². The van der Waals surface area contributed by atoms with Crippen LogP contribution < -0.4 is 0 Å². The van der Waals surface area contributed by atoms with Gasteiger partial charge in [0.1, 0.15) is 5.76 Å². The van der Waals surface area contributed by atoms with Gasteiger partial charge in [0.25, 0.3) is 0 Å². The first-order valence-electron chi connectivity index (χ1n) is 4.52. The number of carbonyl (C=O) groups is 1. The van der Waals surface area contributed by atoms with E-state index in [0.29, 0.717) is 0 Å². The lowest BCUT2D eigenvalue weighted by atomic mass is 10.1. The number of carbonyl (C=O) groups excluding carboxylic acids is 1. The molecule has 0 spiro atoms. The SMILES string of the molecule is [CH2]C(=O)O/C1=C/CCCCCC1. The van der Waals surface area contributed by atoms with Crippen LogP contribution in [0.15, 0.2) is 11.8 Å². The zero-order valence-corrected chi connectivity index (χ0v) is 7.34. The maximum atomic E-state index is 10.5. The first-order valence-corrected chi connectivity index (χ1v) is 4.52. The van der Waals surface area contributed by atoms with Gasteiger partial charge in [0.15, 0.2) is 0 Å². The molecule has 0 aromatic carbocycles. The van der Waals surface area contributed by atoms with Gasteiger partial charge in [0, 0.05) is 6.42 Å². The third-order valence-electron chi connectivity index (χ3n) is 1.99. The zero-order valence-electron chi connectivity index (χ0n) is 7.34. The van der Waals surface area contributed by atoms with Gasteiger partial charge in [-0.2, -0.15) is 0 Å². The molecule has 0 aliphatic heterocycles. The Morgan fingerprint density at radius 1 is 1.33 bits per heavy atom. The van der Waals surface area contributed by atoms with Crippen molar-refractivity contribution in [2.24, 2.45) is 0 Å².